The quantitative estimate of drug-likeness (QED) is 0.556. The summed E-state index contributed by atoms with van der Waals surface area (Å²) in [6, 6.07) is 0.743. The highest BCUT2D eigenvalue weighted by molar-refractivity contribution is 5.00. The molecule has 0 amide bonds. The molecular weight excluding hydrogens is 128 g/mol. The predicted molar refractivity (Wildman–Crippen MR) is 38.8 cm³/mol. The number of nitrogens with one attached hydrogen (secondary N) is 1. The Morgan fingerprint density at radius 1 is 1.50 bits per heavy atom. The van der Waals surface area contributed by atoms with E-state index in [0.717, 1.165) is 19.3 Å². The lowest BCUT2D eigenvalue weighted by molar-refractivity contribution is -0.0699. The second-order valence-electron chi connectivity index (χ2n) is 3.40. The molecule has 3 N–H and O–H groups in total. The first-order valence-electron chi connectivity index (χ1n) is 3.90. The molecule has 3 nitrogen and oxygen atoms in total. The van der Waals surface area contributed by atoms with E-state index in [0.29, 0.717) is 6.54 Å². The van der Waals surface area contributed by atoms with Crippen LogP contribution in [0.4, 0.5) is 0 Å². The second-order valence-corrected chi connectivity index (χ2v) is 3.40. The van der Waals surface area contributed by atoms with Gasteiger partial charge < -0.3 is 15.8 Å². The van der Waals surface area contributed by atoms with Crippen LogP contribution < -0.4 is 11.1 Å². The highest BCUT2D eigenvalue weighted by Gasteiger charge is 2.41. The summed E-state index contributed by atoms with van der Waals surface area (Å²) in [4.78, 5) is 0. The zero-order valence-corrected chi connectivity index (χ0v) is 6.10. The van der Waals surface area contributed by atoms with Crippen molar-refractivity contribution in [1.82, 2.24) is 5.32 Å². The number of hydrogen-bond donors (Lipinski definition) is 2. The fourth-order valence-corrected chi connectivity index (χ4v) is 1.27. The minimum atomic E-state index is 0.154. The molecule has 0 radical (unpaired) electrons. The molecule has 0 aromatic heterocycles. The molecule has 0 atom stereocenters. The van der Waals surface area contributed by atoms with Gasteiger partial charge in [0.1, 0.15) is 0 Å². The van der Waals surface area contributed by atoms with Gasteiger partial charge in [-0.2, -0.15) is 0 Å². The maximum atomic E-state index is 5.60. The SMILES string of the molecule is NCC1(NC2CC2)COC1. The van der Waals surface area contributed by atoms with Crippen LogP contribution in [0.2, 0.25) is 0 Å². The first-order chi connectivity index (χ1) is 4.85. The molecule has 1 aliphatic carbocycles. The van der Waals surface area contributed by atoms with E-state index < -0.39 is 0 Å². The normalized spacial score (nSPS) is 29.7. The minimum Gasteiger partial charge on any atom is -0.377 e. The summed E-state index contributed by atoms with van der Waals surface area (Å²) in [5.41, 5.74) is 5.76. The molecule has 1 saturated heterocycles. The molecule has 1 heterocycles. The standard InChI is InChI=1S/C7H14N2O/c8-3-7(4-10-5-7)9-6-1-2-6/h6,9H,1-5,8H2. The Balaban J connectivity index is 1.84. The summed E-state index contributed by atoms with van der Waals surface area (Å²) < 4.78 is 5.12. The van der Waals surface area contributed by atoms with E-state index in [-0.39, 0.29) is 5.54 Å². The molecule has 0 bridgehead atoms. The molecule has 1 saturated carbocycles. The number of nitrogens with two attached hydrogens (primary N) is 1. The van der Waals surface area contributed by atoms with E-state index in [2.05, 4.69) is 5.32 Å². The predicted octanol–water partition coefficient (Wildman–Crippen LogP) is -0.534. The van der Waals surface area contributed by atoms with Gasteiger partial charge in [0, 0.05) is 12.6 Å². The van der Waals surface area contributed by atoms with Gasteiger partial charge in [-0.25, -0.2) is 0 Å². The number of rotatable bonds is 3. The van der Waals surface area contributed by atoms with Crippen LogP contribution in [0.1, 0.15) is 12.8 Å². The topological polar surface area (TPSA) is 47.3 Å². The first kappa shape index (κ1) is 6.58. The molecular formula is C7H14N2O. The van der Waals surface area contributed by atoms with E-state index in [1.54, 1.807) is 0 Å². The van der Waals surface area contributed by atoms with E-state index in [1.807, 2.05) is 0 Å². The van der Waals surface area contributed by atoms with Crippen molar-refractivity contribution in [3.63, 3.8) is 0 Å². The van der Waals surface area contributed by atoms with Gasteiger partial charge in [-0.1, -0.05) is 0 Å². The third-order valence-corrected chi connectivity index (χ3v) is 2.24. The van der Waals surface area contributed by atoms with Gasteiger partial charge in [0.15, 0.2) is 0 Å². The molecule has 2 fully saturated rings. The van der Waals surface area contributed by atoms with Crippen molar-refractivity contribution in [2.75, 3.05) is 19.8 Å². The maximum absolute atomic E-state index is 5.60. The molecule has 0 spiro atoms. The van der Waals surface area contributed by atoms with E-state index in [4.69, 9.17) is 10.5 Å². The third kappa shape index (κ3) is 1.05. The van der Waals surface area contributed by atoms with Crippen LogP contribution in [0.15, 0.2) is 0 Å². The average Bonchev–Trinajstić information content (AvgIpc) is 2.62. The van der Waals surface area contributed by atoms with Crippen molar-refractivity contribution in [3.05, 3.63) is 0 Å². The second kappa shape index (κ2) is 2.19. The van der Waals surface area contributed by atoms with Gasteiger partial charge >= 0.3 is 0 Å². The monoisotopic (exact) mass is 142 g/mol. The number of ether oxygens (including phenoxy) is 1. The van der Waals surface area contributed by atoms with E-state index in [1.165, 1.54) is 12.8 Å². The van der Waals surface area contributed by atoms with Crippen LogP contribution in [-0.4, -0.2) is 31.3 Å². The Bertz CT molecular complexity index is 124. The summed E-state index contributed by atoms with van der Waals surface area (Å²) in [5, 5.41) is 3.50. The molecule has 0 aromatic carbocycles. The summed E-state index contributed by atoms with van der Waals surface area (Å²) >= 11 is 0. The van der Waals surface area contributed by atoms with Crippen molar-refractivity contribution in [1.29, 1.82) is 0 Å². The van der Waals surface area contributed by atoms with Crippen molar-refractivity contribution in [3.8, 4) is 0 Å². The van der Waals surface area contributed by atoms with Crippen LogP contribution in [0.3, 0.4) is 0 Å². The Morgan fingerprint density at radius 3 is 2.50 bits per heavy atom. The van der Waals surface area contributed by atoms with E-state index in [9.17, 15) is 0 Å². The Kier molecular flexibility index (Phi) is 1.44. The van der Waals surface area contributed by atoms with Gasteiger partial charge in [-0.15, -0.1) is 0 Å². The van der Waals surface area contributed by atoms with Gasteiger partial charge in [0.2, 0.25) is 0 Å². The molecule has 2 rings (SSSR count). The third-order valence-electron chi connectivity index (χ3n) is 2.24. The molecule has 58 valence electrons. The lowest BCUT2D eigenvalue weighted by Crippen LogP contribution is -2.65. The maximum Gasteiger partial charge on any atom is 0.0779 e. The van der Waals surface area contributed by atoms with Crippen LogP contribution in [0.25, 0.3) is 0 Å². The zero-order chi connectivity index (χ0) is 7.03. The van der Waals surface area contributed by atoms with Crippen LogP contribution in [-0.2, 0) is 4.74 Å². The first-order valence-corrected chi connectivity index (χ1v) is 3.90. The summed E-state index contributed by atoms with van der Waals surface area (Å²) in [6.45, 7) is 2.32. The molecule has 1 aliphatic heterocycles. The highest BCUT2D eigenvalue weighted by Crippen LogP contribution is 2.25. The molecule has 10 heavy (non-hydrogen) atoms. The lowest BCUT2D eigenvalue weighted by atomic mass is 9.98. The lowest BCUT2D eigenvalue weighted by Gasteiger charge is -2.41. The van der Waals surface area contributed by atoms with Gasteiger partial charge in [-0.05, 0) is 12.8 Å². The van der Waals surface area contributed by atoms with Gasteiger partial charge in [0.25, 0.3) is 0 Å². The highest BCUT2D eigenvalue weighted by atomic mass is 16.5. The van der Waals surface area contributed by atoms with Gasteiger partial charge in [-0.3, -0.25) is 0 Å². The van der Waals surface area contributed by atoms with Crippen molar-refractivity contribution < 1.29 is 4.74 Å². The summed E-state index contributed by atoms with van der Waals surface area (Å²) in [7, 11) is 0. The Morgan fingerprint density at radius 2 is 2.20 bits per heavy atom. The summed E-state index contributed by atoms with van der Waals surface area (Å²) in [5.74, 6) is 0. The smallest absolute Gasteiger partial charge is 0.0779 e. The number of hydrogen-bond acceptors (Lipinski definition) is 3. The van der Waals surface area contributed by atoms with Crippen molar-refractivity contribution in [2.45, 2.75) is 24.4 Å². The van der Waals surface area contributed by atoms with Crippen LogP contribution in [0, 0.1) is 0 Å². The van der Waals surface area contributed by atoms with Crippen LogP contribution in [0.5, 0.6) is 0 Å². The van der Waals surface area contributed by atoms with Crippen LogP contribution >= 0.6 is 0 Å². The fraction of sp³-hybridized carbons (Fsp3) is 1.00. The molecule has 0 unspecified atom stereocenters. The molecule has 3 heteroatoms. The average molecular weight is 142 g/mol. The van der Waals surface area contributed by atoms with Gasteiger partial charge in [0.05, 0.1) is 18.8 Å². The van der Waals surface area contributed by atoms with Crippen molar-refractivity contribution in [2.24, 2.45) is 5.73 Å². The van der Waals surface area contributed by atoms with E-state index >= 15 is 0 Å². The minimum absolute atomic E-state index is 0.154. The molecule has 0 aromatic rings. The fourth-order valence-electron chi connectivity index (χ4n) is 1.27. The molecule has 2 aliphatic rings. The largest absolute Gasteiger partial charge is 0.377 e. The van der Waals surface area contributed by atoms with Crippen molar-refractivity contribution >= 4 is 0 Å². The Labute approximate surface area is 60.9 Å². The Hall–Kier alpha value is -0.120. The zero-order valence-electron chi connectivity index (χ0n) is 6.10. The summed E-state index contributed by atoms with van der Waals surface area (Å²) in [6.07, 6.45) is 2.64.